The SMILES string of the molecule is CC.NCC1(c2ccccc2)CC1. The lowest BCUT2D eigenvalue weighted by atomic mass is 9.97. The Hall–Kier alpha value is -0.820. The van der Waals surface area contributed by atoms with Crippen LogP contribution in [0.4, 0.5) is 0 Å². The zero-order chi connectivity index (χ0) is 9.73. The van der Waals surface area contributed by atoms with Gasteiger partial charge in [-0.3, -0.25) is 0 Å². The molecule has 1 nitrogen and oxygen atoms in total. The highest BCUT2D eigenvalue weighted by atomic mass is 14.7. The summed E-state index contributed by atoms with van der Waals surface area (Å²) < 4.78 is 0. The molecule has 13 heavy (non-hydrogen) atoms. The summed E-state index contributed by atoms with van der Waals surface area (Å²) in [6.45, 7) is 4.80. The van der Waals surface area contributed by atoms with Crippen LogP contribution in [0.5, 0.6) is 0 Å². The number of hydrogen-bond acceptors (Lipinski definition) is 1. The van der Waals surface area contributed by atoms with Crippen LogP contribution in [-0.4, -0.2) is 6.54 Å². The van der Waals surface area contributed by atoms with E-state index in [0.29, 0.717) is 5.41 Å². The molecule has 0 aliphatic heterocycles. The third-order valence-corrected chi connectivity index (χ3v) is 2.63. The first-order valence-corrected chi connectivity index (χ1v) is 5.13. The van der Waals surface area contributed by atoms with Gasteiger partial charge in [0.15, 0.2) is 0 Å². The molecule has 1 saturated carbocycles. The number of rotatable bonds is 2. The predicted molar refractivity (Wildman–Crippen MR) is 57.8 cm³/mol. The third kappa shape index (κ3) is 2.10. The average Bonchev–Trinajstić information content (AvgIpc) is 3.03. The second-order valence-corrected chi connectivity index (χ2v) is 3.35. The van der Waals surface area contributed by atoms with Crippen LogP contribution < -0.4 is 5.73 Å². The van der Waals surface area contributed by atoms with E-state index in [9.17, 15) is 0 Å². The van der Waals surface area contributed by atoms with Gasteiger partial charge in [0.1, 0.15) is 0 Å². The van der Waals surface area contributed by atoms with Crippen molar-refractivity contribution < 1.29 is 0 Å². The van der Waals surface area contributed by atoms with Crippen LogP contribution in [0.2, 0.25) is 0 Å². The Labute approximate surface area is 81.0 Å². The maximum Gasteiger partial charge on any atom is 0.00762 e. The molecule has 0 saturated heterocycles. The summed E-state index contributed by atoms with van der Waals surface area (Å²) in [6.07, 6.45) is 2.54. The third-order valence-electron chi connectivity index (χ3n) is 2.63. The van der Waals surface area contributed by atoms with Crippen LogP contribution in [0.3, 0.4) is 0 Å². The van der Waals surface area contributed by atoms with Crippen molar-refractivity contribution in [3.05, 3.63) is 35.9 Å². The van der Waals surface area contributed by atoms with Gasteiger partial charge in [-0.2, -0.15) is 0 Å². The summed E-state index contributed by atoms with van der Waals surface area (Å²) >= 11 is 0. The highest BCUT2D eigenvalue weighted by molar-refractivity contribution is 5.31. The summed E-state index contributed by atoms with van der Waals surface area (Å²) in [4.78, 5) is 0. The minimum absolute atomic E-state index is 0.362. The van der Waals surface area contributed by atoms with Gasteiger partial charge >= 0.3 is 0 Å². The highest BCUT2D eigenvalue weighted by Gasteiger charge is 2.42. The molecule has 1 aliphatic carbocycles. The van der Waals surface area contributed by atoms with Gasteiger partial charge in [-0.25, -0.2) is 0 Å². The first-order valence-electron chi connectivity index (χ1n) is 5.13. The van der Waals surface area contributed by atoms with Crippen LogP contribution in [0, 0.1) is 0 Å². The topological polar surface area (TPSA) is 26.0 Å². The van der Waals surface area contributed by atoms with Gasteiger partial charge in [0.25, 0.3) is 0 Å². The van der Waals surface area contributed by atoms with Crippen LogP contribution in [-0.2, 0) is 5.41 Å². The standard InChI is InChI=1S/C10H13N.C2H6/c11-8-10(6-7-10)9-4-2-1-3-5-9;1-2/h1-5H,6-8,11H2;1-2H3. The molecule has 0 atom stereocenters. The van der Waals surface area contributed by atoms with E-state index in [2.05, 4.69) is 30.3 Å². The highest BCUT2D eigenvalue weighted by Crippen LogP contribution is 2.46. The Kier molecular flexibility index (Phi) is 3.49. The largest absolute Gasteiger partial charge is 0.330 e. The number of hydrogen-bond donors (Lipinski definition) is 1. The molecule has 1 fully saturated rings. The molecule has 0 amide bonds. The van der Waals surface area contributed by atoms with Crippen LogP contribution in [0.1, 0.15) is 32.3 Å². The smallest absolute Gasteiger partial charge is 0.00762 e. The Morgan fingerprint density at radius 3 is 2.08 bits per heavy atom. The maximum atomic E-state index is 5.70. The van der Waals surface area contributed by atoms with E-state index in [0.717, 1.165) is 6.54 Å². The Morgan fingerprint density at radius 1 is 1.15 bits per heavy atom. The van der Waals surface area contributed by atoms with Crippen molar-refractivity contribution in [2.45, 2.75) is 32.1 Å². The predicted octanol–water partition coefficient (Wildman–Crippen LogP) is 2.70. The Balaban J connectivity index is 0.000000396. The van der Waals surface area contributed by atoms with E-state index in [-0.39, 0.29) is 0 Å². The van der Waals surface area contributed by atoms with Crippen molar-refractivity contribution in [1.82, 2.24) is 0 Å². The van der Waals surface area contributed by atoms with Gasteiger partial charge in [0.2, 0.25) is 0 Å². The van der Waals surface area contributed by atoms with Crippen molar-refractivity contribution in [3.8, 4) is 0 Å². The number of benzene rings is 1. The van der Waals surface area contributed by atoms with Crippen molar-refractivity contribution in [2.24, 2.45) is 5.73 Å². The fourth-order valence-corrected chi connectivity index (χ4v) is 1.55. The van der Waals surface area contributed by atoms with E-state index >= 15 is 0 Å². The molecule has 0 radical (unpaired) electrons. The number of nitrogens with two attached hydrogens (primary N) is 1. The molecule has 1 heteroatoms. The molecule has 0 spiro atoms. The van der Waals surface area contributed by atoms with Crippen LogP contribution in [0.15, 0.2) is 30.3 Å². The van der Waals surface area contributed by atoms with Crippen molar-refractivity contribution in [3.63, 3.8) is 0 Å². The molecule has 0 bridgehead atoms. The molecule has 2 rings (SSSR count). The minimum Gasteiger partial charge on any atom is -0.330 e. The average molecular weight is 177 g/mol. The van der Waals surface area contributed by atoms with Crippen LogP contribution >= 0.6 is 0 Å². The van der Waals surface area contributed by atoms with Gasteiger partial charge in [0, 0.05) is 12.0 Å². The zero-order valence-corrected chi connectivity index (χ0v) is 8.59. The molecular formula is C12H19N. The molecule has 0 unspecified atom stereocenters. The fourth-order valence-electron chi connectivity index (χ4n) is 1.55. The summed E-state index contributed by atoms with van der Waals surface area (Å²) in [5.74, 6) is 0. The van der Waals surface area contributed by atoms with Gasteiger partial charge in [-0.05, 0) is 18.4 Å². The normalized spacial score (nSPS) is 17.2. The summed E-state index contributed by atoms with van der Waals surface area (Å²) in [6, 6.07) is 10.6. The van der Waals surface area contributed by atoms with E-state index in [1.54, 1.807) is 0 Å². The van der Waals surface area contributed by atoms with Crippen molar-refractivity contribution >= 4 is 0 Å². The lowest BCUT2D eigenvalue weighted by Crippen LogP contribution is -2.19. The Morgan fingerprint density at radius 2 is 1.69 bits per heavy atom. The zero-order valence-electron chi connectivity index (χ0n) is 8.59. The van der Waals surface area contributed by atoms with E-state index in [4.69, 9.17) is 5.73 Å². The van der Waals surface area contributed by atoms with E-state index in [1.165, 1.54) is 18.4 Å². The molecular weight excluding hydrogens is 158 g/mol. The van der Waals surface area contributed by atoms with E-state index in [1.807, 2.05) is 13.8 Å². The molecule has 1 aliphatic rings. The summed E-state index contributed by atoms with van der Waals surface area (Å²) in [5, 5.41) is 0. The first kappa shape index (κ1) is 10.3. The lowest BCUT2D eigenvalue weighted by molar-refractivity contribution is 0.705. The monoisotopic (exact) mass is 177 g/mol. The van der Waals surface area contributed by atoms with Crippen LogP contribution in [0.25, 0.3) is 0 Å². The molecule has 2 N–H and O–H groups in total. The van der Waals surface area contributed by atoms with E-state index < -0.39 is 0 Å². The van der Waals surface area contributed by atoms with Gasteiger partial charge in [-0.15, -0.1) is 0 Å². The first-order chi connectivity index (χ1) is 6.37. The van der Waals surface area contributed by atoms with Crippen molar-refractivity contribution in [2.75, 3.05) is 6.54 Å². The van der Waals surface area contributed by atoms with Gasteiger partial charge in [-0.1, -0.05) is 44.2 Å². The van der Waals surface area contributed by atoms with Gasteiger partial charge < -0.3 is 5.73 Å². The van der Waals surface area contributed by atoms with Gasteiger partial charge in [0.05, 0.1) is 0 Å². The fraction of sp³-hybridized carbons (Fsp3) is 0.500. The second kappa shape index (κ2) is 4.43. The Bertz CT molecular complexity index is 237. The minimum atomic E-state index is 0.362. The quantitative estimate of drug-likeness (QED) is 0.738. The molecule has 72 valence electrons. The second-order valence-electron chi connectivity index (χ2n) is 3.35. The molecule has 1 aromatic rings. The molecule has 1 aromatic carbocycles. The summed E-state index contributed by atoms with van der Waals surface area (Å²) in [7, 11) is 0. The molecule has 0 heterocycles. The maximum absolute atomic E-state index is 5.70. The lowest BCUT2D eigenvalue weighted by Gasteiger charge is -2.11. The van der Waals surface area contributed by atoms with Crippen molar-refractivity contribution in [1.29, 1.82) is 0 Å². The molecule has 0 aromatic heterocycles. The summed E-state index contributed by atoms with van der Waals surface area (Å²) in [5.41, 5.74) is 7.48.